The Morgan fingerprint density at radius 3 is 2.39 bits per heavy atom. The van der Waals surface area contributed by atoms with Crippen LogP contribution < -0.4 is 5.32 Å². The van der Waals surface area contributed by atoms with Gasteiger partial charge in [-0.3, -0.25) is 4.79 Å². The van der Waals surface area contributed by atoms with Gasteiger partial charge in [0.25, 0.3) is 0 Å². The molecule has 2 nitrogen and oxygen atoms in total. The molecule has 18 heavy (non-hydrogen) atoms. The maximum absolute atomic E-state index is 11.7. The molecule has 2 heteroatoms. The molecule has 1 N–H and O–H groups in total. The van der Waals surface area contributed by atoms with Crippen molar-refractivity contribution in [3.05, 3.63) is 71.8 Å². The molecule has 0 aliphatic carbocycles. The van der Waals surface area contributed by atoms with E-state index >= 15 is 0 Å². The quantitative estimate of drug-likeness (QED) is 0.811. The molecule has 0 heterocycles. The number of aryl methyl sites for hydroxylation is 1. The fourth-order valence-corrected chi connectivity index (χ4v) is 1.64. The van der Waals surface area contributed by atoms with Gasteiger partial charge in [0.15, 0.2) is 0 Å². The number of para-hydroxylation sites is 1. The van der Waals surface area contributed by atoms with Gasteiger partial charge in [-0.25, -0.2) is 0 Å². The largest absolute Gasteiger partial charge is 0.323 e. The van der Waals surface area contributed by atoms with Gasteiger partial charge in [0.2, 0.25) is 5.91 Å². The summed E-state index contributed by atoms with van der Waals surface area (Å²) in [4.78, 5) is 11.7. The number of carbonyl (C=O) groups excluding carboxylic acids is 1. The molecule has 0 saturated carbocycles. The Bertz CT molecular complexity index is 558. The van der Waals surface area contributed by atoms with E-state index in [0.717, 1.165) is 16.8 Å². The van der Waals surface area contributed by atoms with Crippen molar-refractivity contribution in [1.29, 1.82) is 0 Å². The molecule has 2 aromatic rings. The molecule has 0 aromatic heterocycles. The zero-order valence-electron chi connectivity index (χ0n) is 10.3. The molecule has 90 valence electrons. The van der Waals surface area contributed by atoms with Gasteiger partial charge in [-0.1, -0.05) is 42.5 Å². The second kappa shape index (κ2) is 5.82. The standard InChI is InChI=1S/C16H15NO/c1-13-7-5-6-8-14(13)11-12-16(18)17-15-9-3-2-4-10-15/h2-12H,1H3,(H,17,18). The third-order valence-corrected chi connectivity index (χ3v) is 2.64. The smallest absolute Gasteiger partial charge is 0.248 e. The monoisotopic (exact) mass is 237 g/mol. The minimum absolute atomic E-state index is 0.121. The average Bonchev–Trinajstić information content (AvgIpc) is 2.39. The number of anilines is 1. The summed E-state index contributed by atoms with van der Waals surface area (Å²) in [5, 5.41) is 2.81. The Morgan fingerprint density at radius 2 is 1.67 bits per heavy atom. The first-order chi connectivity index (χ1) is 8.75. The van der Waals surface area contributed by atoms with Crippen LogP contribution in [0.25, 0.3) is 6.08 Å². The number of hydrogen-bond acceptors (Lipinski definition) is 1. The van der Waals surface area contributed by atoms with Gasteiger partial charge in [0.05, 0.1) is 0 Å². The Labute approximate surface area is 107 Å². The fourth-order valence-electron chi connectivity index (χ4n) is 1.64. The van der Waals surface area contributed by atoms with E-state index < -0.39 is 0 Å². The van der Waals surface area contributed by atoms with Gasteiger partial charge < -0.3 is 5.32 Å². The summed E-state index contributed by atoms with van der Waals surface area (Å²) >= 11 is 0. The van der Waals surface area contributed by atoms with Crippen molar-refractivity contribution >= 4 is 17.7 Å². The molecule has 0 spiro atoms. The maximum atomic E-state index is 11.7. The second-order valence-electron chi connectivity index (χ2n) is 4.05. The Morgan fingerprint density at radius 1 is 1.00 bits per heavy atom. The summed E-state index contributed by atoms with van der Waals surface area (Å²) < 4.78 is 0. The molecular weight excluding hydrogens is 222 g/mol. The van der Waals surface area contributed by atoms with Gasteiger partial charge in [0.1, 0.15) is 0 Å². The molecule has 2 aromatic carbocycles. The first-order valence-electron chi connectivity index (χ1n) is 5.85. The maximum Gasteiger partial charge on any atom is 0.248 e. The number of rotatable bonds is 3. The van der Waals surface area contributed by atoms with Crippen LogP contribution in [0.3, 0.4) is 0 Å². The van der Waals surface area contributed by atoms with Crippen LogP contribution in [0.2, 0.25) is 0 Å². The van der Waals surface area contributed by atoms with E-state index in [1.54, 1.807) is 6.08 Å². The van der Waals surface area contributed by atoms with Crippen molar-refractivity contribution < 1.29 is 4.79 Å². The fraction of sp³-hybridized carbons (Fsp3) is 0.0625. The van der Waals surface area contributed by atoms with Crippen molar-refractivity contribution in [2.24, 2.45) is 0 Å². The molecular formula is C16H15NO. The molecule has 0 radical (unpaired) electrons. The highest BCUT2D eigenvalue weighted by molar-refractivity contribution is 6.01. The van der Waals surface area contributed by atoms with Gasteiger partial charge in [-0.15, -0.1) is 0 Å². The van der Waals surface area contributed by atoms with Gasteiger partial charge in [-0.2, -0.15) is 0 Å². The SMILES string of the molecule is Cc1ccccc1C=CC(=O)Nc1ccccc1. The Kier molecular flexibility index (Phi) is 3.92. The molecule has 0 saturated heterocycles. The topological polar surface area (TPSA) is 29.1 Å². The predicted octanol–water partition coefficient (Wildman–Crippen LogP) is 3.65. The Hall–Kier alpha value is -2.35. The van der Waals surface area contributed by atoms with Crippen LogP contribution in [0.1, 0.15) is 11.1 Å². The summed E-state index contributed by atoms with van der Waals surface area (Å²) in [6.07, 6.45) is 3.38. The number of benzene rings is 2. The van der Waals surface area contributed by atoms with Crippen LogP contribution >= 0.6 is 0 Å². The molecule has 0 atom stereocenters. The summed E-state index contributed by atoms with van der Waals surface area (Å²) in [6, 6.07) is 17.4. The Balaban J connectivity index is 2.02. The van der Waals surface area contributed by atoms with E-state index in [1.807, 2.05) is 67.6 Å². The number of nitrogens with one attached hydrogen (secondary N) is 1. The van der Waals surface area contributed by atoms with E-state index in [9.17, 15) is 4.79 Å². The van der Waals surface area contributed by atoms with Crippen LogP contribution in [-0.2, 0) is 4.79 Å². The molecule has 2 rings (SSSR count). The lowest BCUT2D eigenvalue weighted by Crippen LogP contribution is -2.07. The van der Waals surface area contributed by atoms with Crippen LogP contribution in [0.4, 0.5) is 5.69 Å². The highest BCUT2D eigenvalue weighted by atomic mass is 16.1. The van der Waals surface area contributed by atoms with E-state index in [2.05, 4.69) is 5.32 Å². The van der Waals surface area contributed by atoms with Crippen LogP contribution in [0, 0.1) is 6.92 Å². The lowest BCUT2D eigenvalue weighted by Gasteiger charge is -2.01. The molecule has 0 bridgehead atoms. The van der Waals surface area contributed by atoms with Crippen LogP contribution in [0.15, 0.2) is 60.7 Å². The van der Waals surface area contributed by atoms with Gasteiger partial charge in [0, 0.05) is 11.8 Å². The summed E-state index contributed by atoms with van der Waals surface area (Å²) in [5.74, 6) is -0.121. The van der Waals surface area contributed by atoms with Crippen molar-refractivity contribution in [3.8, 4) is 0 Å². The lowest BCUT2D eigenvalue weighted by atomic mass is 10.1. The minimum atomic E-state index is -0.121. The van der Waals surface area contributed by atoms with Crippen molar-refractivity contribution in [1.82, 2.24) is 0 Å². The third-order valence-electron chi connectivity index (χ3n) is 2.64. The first-order valence-corrected chi connectivity index (χ1v) is 5.85. The summed E-state index contributed by atoms with van der Waals surface area (Å²) in [5.41, 5.74) is 3.01. The van der Waals surface area contributed by atoms with E-state index in [-0.39, 0.29) is 5.91 Å². The summed E-state index contributed by atoms with van der Waals surface area (Å²) in [6.45, 7) is 2.02. The zero-order valence-corrected chi connectivity index (χ0v) is 10.3. The number of carbonyl (C=O) groups is 1. The van der Waals surface area contributed by atoms with Gasteiger partial charge >= 0.3 is 0 Å². The normalized spacial score (nSPS) is 10.5. The number of hydrogen-bond donors (Lipinski definition) is 1. The number of amides is 1. The van der Waals surface area contributed by atoms with Crippen molar-refractivity contribution in [2.75, 3.05) is 5.32 Å². The van der Waals surface area contributed by atoms with Crippen LogP contribution in [-0.4, -0.2) is 5.91 Å². The zero-order chi connectivity index (χ0) is 12.8. The van der Waals surface area contributed by atoms with E-state index in [1.165, 1.54) is 0 Å². The molecule has 0 fully saturated rings. The van der Waals surface area contributed by atoms with Crippen molar-refractivity contribution in [3.63, 3.8) is 0 Å². The molecule has 0 unspecified atom stereocenters. The second-order valence-corrected chi connectivity index (χ2v) is 4.05. The third kappa shape index (κ3) is 3.32. The molecule has 0 aliphatic rings. The lowest BCUT2D eigenvalue weighted by molar-refractivity contribution is -0.111. The predicted molar refractivity (Wildman–Crippen MR) is 75.3 cm³/mol. The average molecular weight is 237 g/mol. The van der Waals surface area contributed by atoms with Crippen molar-refractivity contribution in [2.45, 2.75) is 6.92 Å². The summed E-state index contributed by atoms with van der Waals surface area (Å²) in [7, 11) is 0. The van der Waals surface area contributed by atoms with E-state index in [0.29, 0.717) is 0 Å². The highest BCUT2D eigenvalue weighted by Gasteiger charge is 1.97. The van der Waals surface area contributed by atoms with Gasteiger partial charge in [-0.05, 0) is 36.3 Å². The first kappa shape index (κ1) is 12.1. The molecule has 1 amide bonds. The minimum Gasteiger partial charge on any atom is -0.323 e. The van der Waals surface area contributed by atoms with Crippen LogP contribution in [0.5, 0.6) is 0 Å². The highest BCUT2D eigenvalue weighted by Crippen LogP contribution is 2.09. The molecule has 0 aliphatic heterocycles. The van der Waals surface area contributed by atoms with E-state index in [4.69, 9.17) is 0 Å².